The fourth-order valence-electron chi connectivity index (χ4n) is 0.242. The van der Waals surface area contributed by atoms with Gasteiger partial charge in [0, 0.05) is 9.81 Å². The highest BCUT2D eigenvalue weighted by Gasteiger charge is 1.87. The number of nitrogens with zero attached hydrogens (tertiary/aromatic N) is 2. The molecule has 4 heteroatoms. The van der Waals surface area contributed by atoms with E-state index in [1.54, 1.807) is 0 Å². The molecule has 0 saturated heterocycles. The Balaban J connectivity index is 2.76. The fraction of sp³-hybridized carbons (Fsp3) is 0.333. The first kappa shape index (κ1) is 5.43. The number of halogens is 1. The minimum atomic E-state index is 0.967. The molecule has 1 rings (SSSR count). The average molecular weight is 226 g/mol. The van der Waals surface area contributed by atoms with Gasteiger partial charge in [-0.25, -0.2) is 0 Å². The third-order valence-electron chi connectivity index (χ3n) is 0.542. The Bertz CT molecular complexity index is 127. The fourth-order valence-corrected chi connectivity index (χ4v) is 1.37. The summed E-state index contributed by atoms with van der Waals surface area (Å²) in [5, 5.41) is 5.75. The van der Waals surface area contributed by atoms with Crippen LogP contribution in [0.3, 0.4) is 0 Å². The molecule has 0 atom stereocenters. The standard InChI is InChI=1S/C3H3IN2S/c4-1-3-2-7-6-5-3/h2H,1H2. The molecule has 0 N–H and O–H groups in total. The molecule has 1 heterocycles. The first-order valence-corrected chi connectivity index (χ1v) is 4.11. The lowest BCUT2D eigenvalue weighted by Crippen LogP contribution is -1.72. The van der Waals surface area contributed by atoms with Gasteiger partial charge in [0.1, 0.15) is 0 Å². The second-order valence-corrected chi connectivity index (χ2v) is 2.40. The van der Waals surface area contributed by atoms with E-state index in [1.165, 1.54) is 11.5 Å². The Hall–Kier alpha value is 0.290. The molecular formula is C3H3IN2S. The molecule has 0 aliphatic heterocycles. The van der Waals surface area contributed by atoms with E-state index >= 15 is 0 Å². The average Bonchev–Trinajstić information content (AvgIpc) is 2.14. The molecule has 0 saturated carbocycles. The molecule has 0 fully saturated rings. The van der Waals surface area contributed by atoms with Crippen molar-refractivity contribution in [2.45, 2.75) is 4.43 Å². The first-order valence-electron chi connectivity index (χ1n) is 1.75. The third-order valence-corrected chi connectivity index (χ3v) is 1.88. The third kappa shape index (κ3) is 1.34. The summed E-state index contributed by atoms with van der Waals surface area (Å²) in [5.41, 5.74) is 1.07. The van der Waals surface area contributed by atoms with Crippen LogP contribution in [0.4, 0.5) is 0 Å². The highest BCUT2D eigenvalue weighted by Crippen LogP contribution is 2.01. The van der Waals surface area contributed by atoms with E-state index < -0.39 is 0 Å². The smallest absolute Gasteiger partial charge is 0.0852 e. The quantitative estimate of drug-likeness (QED) is 0.535. The maximum Gasteiger partial charge on any atom is 0.0852 e. The van der Waals surface area contributed by atoms with E-state index in [-0.39, 0.29) is 0 Å². The van der Waals surface area contributed by atoms with Gasteiger partial charge in [-0.3, -0.25) is 0 Å². The van der Waals surface area contributed by atoms with E-state index in [9.17, 15) is 0 Å². The molecule has 0 spiro atoms. The highest BCUT2D eigenvalue weighted by atomic mass is 127. The lowest BCUT2D eigenvalue weighted by molar-refractivity contribution is 1.08. The van der Waals surface area contributed by atoms with Crippen molar-refractivity contribution in [3.05, 3.63) is 11.1 Å². The molecule has 1 aromatic heterocycles. The van der Waals surface area contributed by atoms with Gasteiger partial charge in [0.15, 0.2) is 0 Å². The van der Waals surface area contributed by atoms with Gasteiger partial charge in [0.25, 0.3) is 0 Å². The largest absolute Gasteiger partial charge is 0.142 e. The lowest BCUT2D eigenvalue weighted by Gasteiger charge is -1.73. The van der Waals surface area contributed by atoms with Crippen LogP contribution in [-0.4, -0.2) is 9.59 Å². The summed E-state index contributed by atoms with van der Waals surface area (Å²) in [4.78, 5) is 0. The minimum Gasteiger partial charge on any atom is -0.142 e. The van der Waals surface area contributed by atoms with Crippen molar-refractivity contribution in [3.8, 4) is 0 Å². The van der Waals surface area contributed by atoms with Crippen molar-refractivity contribution in [2.24, 2.45) is 0 Å². The van der Waals surface area contributed by atoms with Crippen LogP contribution in [0, 0.1) is 0 Å². The SMILES string of the molecule is ICc1csnn1. The van der Waals surface area contributed by atoms with Crippen LogP contribution in [0.1, 0.15) is 5.69 Å². The zero-order chi connectivity index (χ0) is 5.11. The summed E-state index contributed by atoms with van der Waals surface area (Å²) in [5.74, 6) is 0. The van der Waals surface area contributed by atoms with Gasteiger partial charge in [0.05, 0.1) is 5.69 Å². The molecule has 2 nitrogen and oxygen atoms in total. The highest BCUT2D eigenvalue weighted by molar-refractivity contribution is 14.1. The van der Waals surface area contributed by atoms with Crippen LogP contribution in [0.5, 0.6) is 0 Å². The number of rotatable bonds is 1. The van der Waals surface area contributed by atoms with E-state index in [0.717, 1.165) is 10.1 Å². The Morgan fingerprint density at radius 1 is 1.86 bits per heavy atom. The molecule has 38 valence electrons. The molecule has 0 aliphatic carbocycles. The molecular weight excluding hydrogens is 223 g/mol. The van der Waals surface area contributed by atoms with Crippen molar-refractivity contribution in [1.29, 1.82) is 0 Å². The summed E-state index contributed by atoms with van der Waals surface area (Å²) in [7, 11) is 0. The van der Waals surface area contributed by atoms with Crippen molar-refractivity contribution in [2.75, 3.05) is 0 Å². The minimum absolute atomic E-state index is 0.967. The normalized spacial score (nSPS) is 9.29. The van der Waals surface area contributed by atoms with E-state index in [1.807, 2.05) is 5.38 Å². The van der Waals surface area contributed by atoms with Gasteiger partial charge in [-0.2, -0.15) is 0 Å². The maximum absolute atomic E-state index is 3.80. The summed E-state index contributed by atoms with van der Waals surface area (Å²) in [6.07, 6.45) is 0. The monoisotopic (exact) mass is 226 g/mol. The molecule has 0 unspecified atom stereocenters. The molecule has 0 bridgehead atoms. The zero-order valence-electron chi connectivity index (χ0n) is 3.47. The molecule has 0 aliphatic rings. The van der Waals surface area contributed by atoms with Gasteiger partial charge >= 0.3 is 0 Å². The zero-order valence-corrected chi connectivity index (χ0v) is 6.44. The molecule has 0 aromatic carbocycles. The number of hydrogen-bond acceptors (Lipinski definition) is 3. The summed E-state index contributed by atoms with van der Waals surface area (Å²) < 4.78 is 4.65. The van der Waals surface area contributed by atoms with Crippen LogP contribution in [0.2, 0.25) is 0 Å². The van der Waals surface area contributed by atoms with Crippen molar-refractivity contribution >= 4 is 34.1 Å². The molecule has 1 aromatic rings. The lowest BCUT2D eigenvalue weighted by atomic mass is 10.6. The number of alkyl halides is 1. The van der Waals surface area contributed by atoms with E-state index in [0.29, 0.717) is 0 Å². The predicted molar refractivity (Wildman–Crippen MR) is 37.6 cm³/mol. The van der Waals surface area contributed by atoms with Crippen LogP contribution in [0.15, 0.2) is 5.38 Å². The second kappa shape index (κ2) is 2.56. The van der Waals surface area contributed by atoms with Gasteiger partial charge < -0.3 is 0 Å². The predicted octanol–water partition coefficient (Wildman–Crippen LogP) is 1.47. The first-order chi connectivity index (χ1) is 3.43. The summed E-state index contributed by atoms with van der Waals surface area (Å²) in [6.45, 7) is 0. The van der Waals surface area contributed by atoms with Crippen molar-refractivity contribution < 1.29 is 0 Å². The van der Waals surface area contributed by atoms with Crippen molar-refractivity contribution in [1.82, 2.24) is 9.59 Å². The van der Waals surface area contributed by atoms with Gasteiger partial charge in [-0.1, -0.05) is 27.1 Å². The molecule has 0 radical (unpaired) electrons. The summed E-state index contributed by atoms with van der Waals surface area (Å²) >= 11 is 3.65. The maximum atomic E-state index is 3.80. The van der Waals surface area contributed by atoms with E-state index in [4.69, 9.17) is 0 Å². The van der Waals surface area contributed by atoms with Crippen LogP contribution >= 0.6 is 34.1 Å². The molecule has 0 amide bonds. The van der Waals surface area contributed by atoms with Gasteiger partial charge in [-0.15, -0.1) is 5.10 Å². The number of hydrogen-bond donors (Lipinski definition) is 0. The Morgan fingerprint density at radius 2 is 2.71 bits per heavy atom. The van der Waals surface area contributed by atoms with Crippen molar-refractivity contribution in [3.63, 3.8) is 0 Å². The van der Waals surface area contributed by atoms with Crippen LogP contribution in [0.25, 0.3) is 0 Å². The second-order valence-electron chi connectivity index (χ2n) is 1.03. The van der Waals surface area contributed by atoms with E-state index in [2.05, 4.69) is 32.2 Å². The van der Waals surface area contributed by atoms with Crippen LogP contribution < -0.4 is 0 Å². The molecule has 7 heavy (non-hydrogen) atoms. The Labute approximate surface area is 59.2 Å². The Morgan fingerprint density at radius 3 is 3.00 bits per heavy atom. The summed E-state index contributed by atoms with van der Waals surface area (Å²) in [6, 6.07) is 0. The van der Waals surface area contributed by atoms with Gasteiger partial charge in [0.2, 0.25) is 0 Å². The Kier molecular flexibility index (Phi) is 1.99. The van der Waals surface area contributed by atoms with Crippen LogP contribution in [-0.2, 0) is 4.43 Å². The topological polar surface area (TPSA) is 25.8 Å². The number of aromatic nitrogens is 2. The van der Waals surface area contributed by atoms with Gasteiger partial charge in [-0.05, 0) is 11.5 Å².